The second kappa shape index (κ2) is 3.30. The molecule has 0 aliphatic heterocycles. The Morgan fingerprint density at radius 1 is 1.54 bits per heavy atom. The molecule has 2 aromatic rings. The van der Waals surface area contributed by atoms with Crippen molar-refractivity contribution >= 4 is 21.6 Å². The number of aromatic nitrogens is 1. The van der Waals surface area contributed by atoms with Gasteiger partial charge in [0.15, 0.2) is 6.54 Å². The van der Waals surface area contributed by atoms with E-state index in [1.165, 1.54) is 15.8 Å². The van der Waals surface area contributed by atoms with Gasteiger partial charge in [-0.15, -0.1) is 0 Å². The summed E-state index contributed by atoms with van der Waals surface area (Å²) in [6, 6.07) is 6.54. The van der Waals surface area contributed by atoms with Crippen LogP contribution in [0.5, 0.6) is 0 Å². The fraction of sp³-hybridized carbons (Fsp3) is 0.182. The Labute approximate surface area is 82.0 Å². The molecule has 0 aliphatic carbocycles. The first-order valence-corrected chi connectivity index (χ1v) is 5.17. The standard InChI is InChI=1S/C11H12NS/c1-3-6-12-8-13-11-7-9(2)4-5-10(11)12/h3-5,7-8H,1,6H2,2H3/q+1. The summed E-state index contributed by atoms with van der Waals surface area (Å²) in [7, 11) is 0. The van der Waals surface area contributed by atoms with Gasteiger partial charge in [0.2, 0.25) is 11.0 Å². The molecule has 2 rings (SSSR count). The highest BCUT2D eigenvalue weighted by Crippen LogP contribution is 2.17. The van der Waals surface area contributed by atoms with Gasteiger partial charge in [-0.3, -0.25) is 0 Å². The average molecular weight is 190 g/mol. The molecule has 1 aromatic heterocycles. The molecule has 1 heterocycles. The summed E-state index contributed by atoms with van der Waals surface area (Å²) >= 11 is 1.78. The molecule has 0 saturated heterocycles. The number of benzene rings is 1. The molecule has 0 atom stereocenters. The van der Waals surface area contributed by atoms with E-state index in [9.17, 15) is 0 Å². The summed E-state index contributed by atoms with van der Waals surface area (Å²) in [5.41, 5.74) is 4.77. The molecule has 0 amide bonds. The number of hydrogen-bond acceptors (Lipinski definition) is 1. The minimum absolute atomic E-state index is 0.892. The Morgan fingerprint density at radius 3 is 3.15 bits per heavy atom. The first kappa shape index (κ1) is 8.45. The van der Waals surface area contributed by atoms with Crippen LogP contribution in [0.4, 0.5) is 0 Å². The van der Waals surface area contributed by atoms with Crippen molar-refractivity contribution < 1.29 is 4.57 Å². The SMILES string of the molecule is C=CC[n+]1csc2cc(C)ccc21. The van der Waals surface area contributed by atoms with Crippen LogP contribution in [0.2, 0.25) is 0 Å². The lowest BCUT2D eigenvalue weighted by Crippen LogP contribution is -2.29. The van der Waals surface area contributed by atoms with Gasteiger partial charge in [0.25, 0.3) is 0 Å². The zero-order chi connectivity index (χ0) is 9.26. The van der Waals surface area contributed by atoms with Crippen LogP contribution < -0.4 is 4.57 Å². The molecular weight excluding hydrogens is 178 g/mol. The summed E-state index contributed by atoms with van der Waals surface area (Å²) in [6.07, 6.45) is 1.92. The molecule has 0 unspecified atom stereocenters. The van der Waals surface area contributed by atoms with Crippen LogP contribution in [-0.2, 0) is 6.54 Å². The number of allylic oxidation sites excluding steroid dienone is 1. The number of nitrogens with zero attached hydrogens (tertiary/aromatic N) is 1. The highest BCUT2D eigenvalue weighted by Gasteiger charge is 2.08. The van der Waals surface area contributed by atoms with Crippen LogP contribution in [0.15, 0.2) is 36.4 Å². The third-order valence-electron chi connectivity index (χ3n) is 2.06. The first-order chi connectivity index (χ1) is 6.31. The molecule has 0 N–H and O–H groups in total. The second-order valence-corrected chi connectivity index (χ2v) is 4.02. The monoisotopic (exact) mass is 190 g/mol. The number of thiazole rings is 1. The third-order valence-corrected chi connectivity index (χ3v) is 3.00. The Hall–Kier alpha value is -1.15. The Morgan fingerprint density at radius 2 is 2.38 bits per heavy atom. The molecule has 0 fully saturated rings. The lowest BCUT2D eigenvalue weighted by Gasteiger charge is -1.90. The van der Waals surface area contributed by atoms with Gasteiger partial charge in [-0.1, -0.05) is 24.0 Å². The number of fused-ring (bicyclic) bond motifs is 1. The number of hydrogen-bond donors (Lipinski definition) is 0. The van der Waals surface area contributed by atoms with E-state index < -0.39 is 0 Å². The molecular formula is C11H12NS+. The second-order valence-electron chi connectivity index (χ2n) is 3.14. The van der Waals surface area contributed by atoms with Crippen LogP contribution in [0.1, 0.15) is 5.56 Å². The quantitative estimate of drug-likeness (QED) is 0.506. The highest BCUT2D eigenvalue weighted by molar-refractivity contribution is 7.16. The van der Waals surface area contributed by atoms with Gasteiger partial charge < -0.3 is 0 Å². The van der Waals surface area contributed by atoms with Gasteiger partial charge in [-0.25, -0.2) is 0 Å². The molecule has 2 heteroatoms. The molecule has 13 heavy (non-hydrogen) atoms. The minimum Gasteiger partial charge on any atom is -0.185 e. The largest absolute Gasteiger partial charge is 0.226 e. The lowest BCUT2D eigenvalue weighted by atomic mass is 10.2. The Balaban J connectivity index is 2.61. The average Bonchev–Trinajstić information content (AvgIpc) is 2.49. The molecule has 0 aliphatic rings. The van der Waals surface area contributed by atoms with E-state index in [-0.39, 0.29) is 0 Å². The molecule has 0 bridgehead atoms. The van der Waals surface area contributed by atoms with Gasteiger partial charge in [-0.2, -0.15) is 4.57 Å². The summed E-state index contributed by atoms with van der Waals surface area (Å²) < 4.78 is 3.56. The molecule has 1 aromatic carbocycles. The van der Waals surface area contributed by atoms with Crippen LogP contribution in [-0.4, -0.2) is 0 Å². The van der Waals surface area contributed by atoms with Gasteiger partial charge in [0.05, 0.1) is 0 Å². The van der Waals surface area contributed by atoms with E-state index >= 15 is 0 Å². The number of aryl methyl sites for hydroxylation is 1. The maximum absolute atomic E-state index is 3.74. The van der Waals surface area contributed by atoms with Crippen molar-refractivity contribution in [3.63, 3.8) is 0 Å². The molecule has 1 nitrogen and oxygen atoms in total. The minimum atomic E-state index is 0.892. The van der Waals surface area contributed by atoms with Crippen molar-refractivity contribution in [3.05, 3.63) is 41.9 Å². The van der Waals surface area contributed by atoms with Crippen molar-refractivity contribution in [2.24, 2.45) is 0 Å². The zero-order valence-electron chi connectivity index (χ0n) is 7.66. The van der Waals surface area contributed by atoms with Crippen molar-refractivity contribution in [3.8, 4) is 0 Å². The number of rotatable bonds is 2. The van der Waals surface area contributed by atoms with Gasteiger partial charge in [0, 0.05) is 6.07 Å². The third kappa shape index (κ3) is 1.49. The van der Waals surface area contributed by atoms with Crippen molar-refractivity contribution in [2.75, 3.05) is 0 Å². The van der Waals surface area contributed by atoms with Crippen LogP contribution in [0.25, 0.3) is 10.2 Å². The van der Waals surface area contributed by atoms with E-state index in [1.807, 2.05) is 6.08 Å². The van der Waals surface area contributed by atoms with Gasteiger partial charge >= 0.3 is 0 Å². The lowest BCUT2D eigenvalue weighted by molar-refractivity contribution is -0.656. The zero-order valence-corrected chi connectivity index (χ0v) is 8.47. The summed E-state index contributed by atoms with van der Waals surface area (Å²) in [5.74, 6) is 0. The van der Waals surface area contributed by atoms with Crippen LogP contribution >= 0.6 is 11.3 Å². The Bertz CT molecular complexity index is 442. The molecule has 0 spiro atoms. The highest BCUT2D eigenvalue weighted by atomic mass is 32.1. The maximum atomic E-state index is 3.74. The summed E-state index contributed by atoms with van der Waals surface area (Å²) in [6.45, 7) is 6.76. The molecule has 0 radical (unpaired) electrons. The fourth-order valence-electron chi connectivity index (χ4n) is 1.41. The van der Waals surface area contributed by atoms with E-state index in [2.05, 4.69) is 41.8 Å². The van der Waals surface area contributed by atoms with Crippen molar-refractivity contribution in [1.29, 1.82) is 0 Å². The molecule has 0 saturated carbocycles. The normalized spacial score (nSPS) is 10.5. The van der Waals surface area contributed by atoms with Crippen LogP contribution in [0.3, 0.4) is 0 Å². The topological polar surface area (TPSA) is 3.88 Å². The summed E-state index contributed by atoms with van der Waals surface area (Å²) in [4.78, 5) is 0. The van der Waals surface area contributed by atoms with E-state index in [1.54, 1.807) is 11.3 Å². The summed E-state index contributed by atoms with van der Waals surface area (Å²) in [5, 5.41) is 0. The predicted octanol–water partition coefficient (Wildman–Crippen LogP) is 2.68. The van der Waals surface area contributed by atoms with E-state index in [4.69, 9.17) is 0 Å². The predicted molar refractivity (Wildman–Crippen MR) is 57.0 cm³/mol. The fourth-order valence-corrected chi connectivity index (χ4v) is 2.41. The van der Waals surface area contributed by atoms with Gasteiger partial charge in [0.1, 0.15) is 4.70 Å². The van der Waals surface area contributed by atoms with Gasteiger partial charge in [-0.05, 0) is 24.6 Å². The Kier molecular flexibility index (Phi) is 2.15. The smallest absolute Gasteiger partial charge is 0.185 e. The van der Waals surface area contributed by atoms with E-state index in [0.717, 1.165) is 6.54 Å². The molecule has 66 valence electrons. The van der Waals surface area contributed by atoms with E-state index in [0.29, 0.717) is 0 Å². The van der Waals surface area contributed by atoms with Crippen molar-refractivity contribution in [2.45, 2.75) is 13.5 Å². The first-order valence-electron chi connectivity index (χ1n) is 4.29. The maximum Gasteiger partial charge on any atom is 0.226 e. The van der Waals surface area contributed by atoms with Crippen LogP contribution in [0, 0.1) is 6.92 Å². The van der Waals surface area contributed by atoms with Crippen molar-refractivity contribution in [1.82, 2.24) is 0 Å².